The summed E-state index contributed by atoms with van der Waals surface area (Å²) in [4.78, 5) is 18.4. The van der Waals surface area contributed by atoms with E-state index in [2.05, 4.69) is 220 Å². The van der Waals surface area contributed by atoms with E-state index in [1.54, 1.807) is 0 Å². The molecule has 1 aliphatic rings. The molecule has 0 N–H and O–H groups in total. The van der Waals surface area contributed by atoms with Gasteiger partial charge in [-0.1, -0.05) is 121 Å². The Morgan fingerprint density at radius 3 is 1.41 bits per heavy atom. The van der Waals surface area contributed by atoms with Gasteiger partial charge in [-0.05, 0) is 95.9 Å². The summed E-state index contributed by atoms with van der Waals surface area (Å²) < 4.78 is 4.67. The fourth-order valence-corrected chi connectivity index (χ4v) is 9.63. The van der Waals surface area contributed by atoms with Crippen molar-refractivity contribution in [3.05, 3.63) is 206 Å². The van der Waals surface area contributed by atoms with Crippen LogP contribution in [0.3, 0.4) is 0 Å². The van der Waals surface area contributed by atoms with Gasteiger partial charge < -0.3 is 9.13 Å². The highest BCUT2D eigenvalue weighted by Crippen LogP contribution is 2.50. The van der Waals surface area contributed by atoms with Gasteiger partial charge in [0.05, 0.1) is 33.4 Å². The minimum absolute atomic E-state index is 0.563. The lowest BCUT2D eigenvalue weighted by Crippen LogP contribution is -2.18. The monoisotopic (exact) mass is 778 g/mol. The van der Waals surface area contributed by atoms with E-state index in [0.29, 0.717) is 17.6 Å². The normalized spacial score (nSPS) is 12.2. The molecule has 12 aromatic rings. The molecule has 9 aromatic carbocycles. The predicted molar refractivity (Wildman–Crippen MR) is 251 cm³/mol. The molecule has 1 aliphatic heterocycles. The van der Waals surface area contributed by atoms with Crippen LogP contribution in [0.2, 0.25) is 0 Å². The van der Waals surface area contributed by atoms with Crippen LogP contribution >= 0.6 is 0 Å². The summed E-state index contributed by atoms with van der Waals surface area (Å²) in [6.45, 7) is 0. The maximum absolute atomic E-state index is 5.41. The van der Waals surface area contributed by atoms with E-state index in [1.807, 2.05) is 0 Å². The van der Waals surface area contributed by atoms with Crippen molar-refractivity contribution in [2.75, 3.05) is 4.90 Å². The first-order chi connectivity index (χ1) is 30.3. The van der Waals surface area contributed by atoms with E-state index in [9.17, 15) is 0 Å². The van der Waals surface area contributed by atoms with Crippen molar-refractivity contribution < 1.29 is 0 Å². The molecule has 3 aromatic heterocycles. The number of rotatable bonds is 5. The van der Waals surface area contributed by atoms with Gasteiger partial charge in [-0.25, -0.2) is 4.98 Å². The van der Waals surface area contributed by atoms with E-state index in [-0.39, 0.29) is 0 Å². The van der Waals surface area contributed by atoms with Gasteiger partial charge in [0.1, 0.15) is 0 Å². The maximum Gasteiger partial charge on any atom is 0.238 e. The summed E-state index contributed by atoms with van der Waals surface area (Å²) in [5, 5.41) is 6.97. The fourth-order valence-electron chi connectivity index (χ4n) is 9.63. The van der Waals surface area contributed by atoms with Crippen molar-refractivity contribution in [2.24, 2.45) is 0 Å². The summed E-state index contributed by atoms with van der Waals surface area (Å²) in [6, 6.07) is 73.2. The highest BCUT2D eigenvalue weighted by molar-refractivity contribution is 6.14. The van der Waals surface area contributed by atoms with Gasteiger partial charge in [0, 0.05) is 55.0 Å². The zero-order valence-electron chi connectivity index (χ0n) is 32.8. The molecule has 0 bridgehead atoms. The van der Waals surface area contributed by atoms with Crippen LogP contribution in [0.25, 0.3) is 99.7 Å². The lowest BCUT2D eigenvalue weighted by atomic mass is 9.91. The van der Waals surface area contributed by atoms with Gasteiger partial charge in [-0.2, -0.15) is 9.97 Å². The molecular formula is C55H34N6. The Labute approximate surface area is 350 Å². The number of hydrogen-bond acceptors (Lipinski definition) is 4. The van der Waals surface area contributed by atoms with Gasteiger partial charge in [-0.15, -0.1) is 0 Å². The molecule has 61 heavy (non-hydrogen) atoms. The maximum atomic E-state index is 5.41. The minimum Gasteiger partial charge on any atom is -0.309 e. The lowest BCUT2D eigenvalue weighted by molar-refractivity contribution is 1.02. The molecule has 0 aliphatic carbocycles. The summed E-state index contributed by atoms with van der Waals surface area (Å²) in [5.74, 6) is 1.77. The number of benzene rings is 9. The first-order valence-corrected chi connectivity index (χ1v) is 20.6. The molecule has 0 spiro atoms. The van der Waals surface area contributed by atoms with E-state index in [1.165, 1.54) is 27.1 Å². The van der Waals surface area contributed by atoms with Crippen LogP contribution in [0.5, 0.6) is 0 Å². The fraction of sp³-hybridized carbons (Fsp3) is 0. The zero-order valence-corrected chi connectivity index (χ0v) is 32.8. The molecule has 0 atom stereocenters. The van der Waals surface area contributed by atoms with Gasteiger partial charge in [0.15, 0.2) is 11.6 Å². The standard InChI is InChI=1S/C55H34N6/c1-3-17-38(18-4-1)59-46-25-10-8-22-41(46)44-33-36(29-31-49(44)59)53-56-54(37-30-32-50-45(34-37)42-23-9-11-26-47(42)60(50)39-19-5-2-6-20-39)58-55(57-53)61-48-27-12-7-21-40(48)43-24-13-15-35-16-14-28-51(61)52(35)43/h1-34H. The van der Waals surface area contributed by atoms with Crippen molar-refractivity contribution in [2.45, 2.75) is 0 Å². The second-order valence-electron chi connectivity index (χ2n) is 15.7. The minimum atomic E-state index is 0.563. The molecule has 0 fully saturated rings. The number of para-hydroxylation sites is 5. The highest BCUT2D eigenvalue weighted by atomic mass is 15.3. The molecule has 284 valence electrons. The molecular weight excluding hydrogens is 745 g/mol. The van der Waals surface area contributed by atoms with Gasteiger partial charge in [-0.3, -0.25) is 4.90 Å². The number of hydrogen-bond donors (Lipinski definition) is 0. The van der Waals surface area contributed by atoms with Crippen LogP contribution < -0.4 is 4.90 Å². The Balaban J connectivity index is 1.07. The largest absolute Gasteiger partial charge is 0.309 e. The van der Waals surface area contributed by atoms with E-state index in [4.69, 9.17) is 15.0 Å². The lowest BCUT2D eigenvalue weighted by Gasteiger charge is -2.32. The van der Waals surface area contributed by atoms with E-state index in [0.717, 1.165) is 72.3 Å². The Morgan fingerprint density at radius 1 is 0.328 bits per heavy atom. The molecule has 0 radical (unpaired) electrons. The molecule has 0 unspecified atom stereocenters. The molecule has 0 amide bonds. The van der Waals surface area contributed by atoms with Gasteiger partial charge in [0.2, 0.25) is 5.95 Å². The molecule has 13 rings (SSSR count). The van der Waals surface area contributed by atoms with Crippen LogP contribution in [0.4, 0.5) is 17.3 Å². The third kappa shape index (κ3) is 5.06. The molecule has 4 heterocycles. The van der Waals surface area contributed by atoms with Crippen molar-refractivity contribution in [3.8, 4) is 45.3 Å². The predicted octanol–water partition coefficient (Wildman–Crippen LogP) is 14.0. The van der Waals surface area contributed by atoms with Crippen molar-refractivity contribution in [3.63, 3.8) is 0 Å². The number of fused-ring (bicyclic) bond motifs is 8. The zero-order chi connectivity index (χ0) is 40.0. The van der Waals surface area contributed by atoms with Crippen LogP contribution in [0, 0.1) is 0 Å². The number of aromatic nitrogens is 5. The third-order valence-electron chi connectivity index (χ3n) is 12.3. The SMILES string of the molecule is c1ccc(-n2c3ccccc3c3cc(-c4nc(-c5ccc6c(c5)c5ccccc5n6-c5ccccc5)nc(N5c6ccccc6-c6cccc7cccc5c67)n4)ccc32)cc1. The van der Waals surface area contributed by atoms with Crippen molar-refractivity contribution in [1.29, 1.82) is 0 Å². The Hall–Kier alpha value is -8.35. The van der Waals surface area contributed by atoms with Crippen molar-refractivity contribution in [1.82, 2.24) is 24.1 Å². The van der Waals surface area contributed by atoms with Crippen LogP contribution in [0.1, 0.15) is 0 Å². The molecule has 6 nitrogen and oxygen atoms in total. The van der Waals surface area contributed by atoms with Crippen LogP contribution in [0.15, 0.2) is 206 Å². The molecule has 6 heteroatoms. The summed E-state index contributed by atoms with van der Waals surface area (Å²) in [5.41, 5.74) is 13.0. The van der Waals surface area contributed by atoms with E-state index < -0.39 is 0 Å². The Bertz CT molecular complexity index is 3530. The summed E-state index contributed by atoms with van der Waals surface area (Å²) >= 11 is 0. The number of nitrogens with zero attached hydrogens (tertiary/aromatic N) is 6. The Morgan fingerprint density at radius 2 is 0.803 bits per heavy atom. The van der Waals surface area contributed by atoms with Crippen LogP contribution in [-0.2, 0) is 0 Å². The second-order valence-corrected chi connectivity index (χ2v) is 15.7. The smallest absolute Gasteiger partial charge is 0.238 e. The molecule has 0 saturated heterocycles. The average molecular weight is 779 g/mol. The summed E-state index contributed by atoms with van der Waals surface area (Å²) in [7, 11) is 0. The van der Waals surface area contributed by atoms with Gasteiger partial charge in [0.25, 0.3) is 0 Å². The Kier molecular flexibility index (Phi) is 7.21. The van der Waals surface area contributed by atoms with E-state index >= 15 is 0 Å². The first-order valence-electron chi connectivity index (χ1n) is 20.6. The van der Waals surface area contributed by atoms with Gasteiger partial charge >= 0.3 is 0 Å². The quantitative estimate of drug-likeness (QED) is 0.175. The average Bonchev–Trinajstić information content (AvgIpc) is 3.84. The first kappa shape index (κ1) is 33.6. The topological polar surface area (TPSA) is 51.8 Å². The summed E-state index contributed by atoms with van der Waals surface area (Å²) in [6.07, 6.45) is 0. The third-order valence-corrected chi connectivity index (χ3v) is 12.3. The van der Waals surface area contributed by atoms with Crippen LogP contribution in [-0.4, -0.2) is 24.1 Å². The molecule has 0 saturated carbocycles. The highest BCUT2D eigenvalue weighted by Gasteiger charge is 2.29. The number of anilines is 3. The van der Waals surface area contributed by atoms with Crippen molar-refractivity contribution >= 4 is 71.7 Å². The second kappa shape index (κ2) is 13.1.